The minimum absolute atomic E-state index is 0.0155. The van der Waals surface area contributed by atoms with Crippen LogP contribution < -0.4 is 20.7 Å². The maximum Gasteiger partial charge on any atom is 0.226 e. The van der Waals surface area contributed by atoms with Crippen LogP contribution >= 0.6 is 0 Å². The number of rotatable bonds is 9. The molecule has 2 rings (SSSR count). The Morgan fingerprint density at radius 1 is 1.03 bits per heavy atom. The second kappa shape index (κ2) is 11.7. The smallest absolute Gasteiger partial charge is 0.226 e. The average Bonchev–Trinajstić information content (AvgIpc) is 2.72. The van der Waals surface area contributed by atoms with Gasteiger partial charge in [0, 0.05) is 30.3 Å². The summed E-state index contributed by atoms with van der Waals surface area (Å²) in [5.41, 5.74) is 2.96. The van der Waals surface area contributed by atoms with Gasteiger partial charge in [0.25, 0.3) is 0 Å². The van der Waals surface area contributed by atoms with E-state index in [0.717, 1.165) is 35.1 Å². The maximum atomic E-state index is 11.8. The van der Waals surface area contributed by atoms with Crippen molar-refractivity contribution in [3.63, 3.8) is 0 Å². The summed E-state index contributed by atoms with van der Waals surface area (Å²) in [5, 5.41) is 9.52. The Morgan fingerprint density at radius 3 is 2.41 bits per heavy atom. The van der Waals surface area contributed by atoms with Crippen LogP contribution in [0.5, 0.6) is 5.75 Å². The highest BCUT2D eigenvalue weighted by Crippen LogP contribution is 2.17. The normalized spacial score (nSPS) is 11.3. The van der Waals surface area contributed by atoms with Gasteiger partial charge in [-0.05, 0) is 37.6 Å². The maximum absolute atomic E-state index is 11.8. The standard InChI is InChI=1S/C23H32N4O2/c1-5-24-23(26-16-19-9-7-8-10-21(19)29-6-2)25-15-18-11-13-20(14-12-18)27-22(28)17(3)4/h7-14,17H,5-6,15-16H2,1-4H3,(H,27,28)(H2,24,25,26). The largest absolute Gasteiger partial charge is 0.494 e. The van der Waals surface area contributed by atoms with Gasteiger partial charge in [0.1, 0.15) is 5.75 Å². The molecule has 0 spiro atoms. The van der Waals surface area contributed by atoms with Crippen LogP contribution in [0.25, 0.3) is 0 Å². The number of guanidine groups is 1. The van der Waals surface area contributed by atoms with E-state index in [1.54, 1.807) is 0 Å². The van der Waals surface area contributed by atoms with Crippen LogP contribution in [0.15, 0.2) is 53.5 Å². The number of hydrogen-bond donors (Lipinski definition) is 3. The van der Waals surface area contributed by atoms with Crippen LogP contribution in [0.2, 0.25) is 0 Å². The number of amides is 1. The van der Waals surface area contributed by atoms with Crippen LogP contribution in [0, 0.1) is 5.92 Å². The van der Waals surface area contributed by atoms with Crippen LogP contribution in [-0.4, -0.2) is 25.0 Å². The third-order valence-corrected chi connectivity index (χ3v) is 4.23. The number of hydrogen-bond acceptors (Lipinski definition) is 3. The van der Waals surface area contributed by atoms with E-state index in [0.29, 0.717) is 19.7 Å². The van der Waals surface area contributed by atoms with Crippen molar-refractivity contribution in [2.24, 2.45) is 10.9 Å². The fourth-order valence-corrected chi connectivity index (χ4v) is 2.62. The SMILES string of the molecule is CCNC(=NCc1ccc(NC(=O)C(C)C)cc1)NCc1ccccc1OCC. The molecule has 156 valence electrons. The van der Waals surface area contributed by atoms with E-state index < -0.39 is 0 Å². The molecule has 0 saturated carbocycles. The summed E-state index contributed by atoms with van der Waals surface area (Å²) < 4.78 is 5.68. The lowest BCUT2D eigenvalue weighted by Crippen LogP contribution is -2.36. The molecule has 0 bridgehead atoms. The molecule has 1 amide bonds. The average molecular weight is 397 g/mol. The summed E-state index contributed by atoms with van der Waals surface area (Å²) in [4.78, 5) is 16.4. The van der Waals surface area contributed by atoms with Crippen molar-refractivity contribution in [2.45, 2.75) is 40.8 Å². The predicted molar refractivity (Wildman–Crippen MR) is 119 cm³/mol. The van der Waals surface area contributed by atoms with Gasteiger partial charge >= 0.3 is 0 Å². The molecule has 2 aromatic carbocycles. The minimum atomic E-state index is -0.0408. The third-order valence-electron chi connectivity index (χ3n) is 4.23. The van der Waals surface area contributed by atoms with Crippen LogP contribution in [0.4, 0.5) is 5.69 Å². The molecule has 0 unspecified atom stereocenters. The molecule has 6 nitrogen and oxygen atoms in total. The molecular weight excluding hydrogens is 364 g/mol. The molecule has 0 aliphatic heterocycles. The Labute approximate surface area is 173 Å². The van der Waals surface area contributed by atoms with Gasteiger partial charge in [0.15, 0.2) is 5.96 Å². The Hall–Kier alpha value is -3.02. The Bertz CT molecular complexity index is 801. The van der Waals surface area contributed by atoms with E-state index >= 15 is 0 Å². The first-order valence-corrected chi connectivity index (χ1v) is 10.2. The molecular formula is C23H32N4O2. The van der Waals surface area contributed by atoms with Gasteiger partial charge in [0.2, 0.25) is 5.91 Å². The van der Waals surface area contributed by atoms with E-state index in [9.17, 15) is 4.79 Å². The zero-order valence-corrected chi connectivity index (χ0v) is 17.8. The quantitative estimate of drug-likeness (QED) is 0.443. The van der Waals surface area contributed by atoms with E-state index in [2.05, 4.69) is 20.9 Å². The van der Waals surface area contributed by atoms with Gasteiger partial charge < -0.3 is 20.7 Å². The topological polar surface area (TPSA) is 74.8 Å². The Morgan fingerprint density at radius 2 is 1.76 bits per heavy atom. The van der Waals surface area contributed by atoms with Crippen molar-refractivity contribution >= 4 is 17.6 Å². The predicted octanol–water partition coefficient (Wildman–Crippen LogP) is 3.94. The van der Waals surface area contributed by atoms with Gasteiger partial charge in [-0.3, -0.25) is 4.79 Å². The van der Waals surface area contributed by atoms with Crippen LogP contribution in [0.3, 0.4) is 0 Å². The molecule has 0 aliphatic rings. The summed E-state index contributed by atoms with van der Waals surface area (Å²) in [6, 6.07) is 15.8. The van der Waals surface area contributed by atoms with Crippen molar-refractivity contribution in [1.29, 1.82) is 0 Å². The lowest BCUT2D eigenvalue weighted by atomic mass is 10.1. The number of para-hydroxylation sites is 1. The number of carbonyl (C=O) groups is 1. The summed E-state index contributed by atoms with van der Waals surface area (Å²) in [5.74, 6) is 1.61. The first-order valence-electron chi connectivity index (χ1n) is 10.2. The summed E-state index contributed by atoms with van der Waals surface area (Å²) in [6.07, 6.45) is 0. The van der Waals surface area contributed by atoms with E-state index in [4.69, 9.17) is 4.74 Å². The second-order valence-corrected chi connectivity index (χ2v) is 6.93. The Balaban J connectivity index is 1.97. The number of benzene rings is 2. The van der Waals surface area contributed by atoms with Crippen LogP contribution in [-0.2, 0) is 17.9 Å². The van der Waals surface area contributed by atoms with Crippen molar-refractivity contribution in [2.75, 3.05) is 18.5 Å². The van der Waals surface area contributed by atoms with Crippen molar-refractivity contribution < 1.29 is 9.53 Å². The lowest BCUT2D eigenvalue weighted by Gasteiger charge is -2.14. The number of aliphatic imine (C=N–C) groups is 1. The minimum Gasteiger partial charge on any atom is -0.494 e. The van der Waals surface area contributed by atoms with Gasteiger partial charge in [-0.2, -0.15) is 0 Å². The highest BCUT2D eigenvalue weighted by molar-refractivity contribution is 5.92. The summed E-state index contributed by atoms with van der Waals surface area (Å²) in [7, 11) is 0. The molecule has 0 aliphatic carbocycles. The summed E-state index contributed by atoms with van der Waals surface area (Å²) >= 11 is 0. The van der Waals surface area contributed by atoms with Crippen molar-refractivity contribution in [3.8, 4) is 5.75 Å². The molecule has 0 radical (unpaired) electrons. The molecule has 0 saturated heterocycles. The zero-order valence-electron chi connectivity index (χ0n) is 17.8. The molecule has 3 N–H and O–H groups in total. The highest BCUT2D eigenvalue weighted by atomic mass is 16.5. The monoisotopic (exact) mass is 396 g/mol. The van der Waals surface area contributed by atoms with Gasteiger partial charge in [-0.25, -0.2) is 4.99 Å². The van der Waals surface area contributed by atoms with Crippen molar-refractivity contribution in [3.05, 3.63) is 59.7 Å². The number of nitrogens with one attached hydrogen (secondary N) is 3. The van der Waals surface area contributed by atoms with Crippen LogP contribution in [0.1, 0.15) is 38.8 Å². The van der Waals surface area contributed by atoms with Gasteiger partial charge in [0.05, 0.1) is 13.2 Å². The summed E-state index contributed by atoms with van der Waals surface area (Å²) in [6.45, 7) is 10.4. The van der Waals surface area contributed by atoms with Crippen molar-refractivity contribution in [1.82, 2.24) is 10.6 Å². The van der Waals surface area contributed by atoms with E-state index in [1.165, 1.54) is 0 Å². The van der Waals surface area contributed by atoms with E-state index in [-0.39, 0.29) is 11.8 Å². The molecule has 29 heavy (non-hydrogen) atoms. The van der Waals surface area contributed by atoms with E-state index in [1.807, 2.05) is 76.2 Å². The molecule has 0 fully saturated rings. The fraction of sp³-hybridized carbons (Fsp3) is 0.391. The van der Waals surface area contributed by atoms with Gasteiger partial charge in [-0.1, -0.05) is 44.2 Å². The molecule has 2 aromatic rings. The zero-order chi connectivity index (χ0) is 21.1. The highest BCUT2D eigenvalue weighted by Gasteiger charge is 2.07. The first-order chi connectivity index (χ1) is 14.0. The first kappa shape index (κ1) is 22.3. The number of anilines is 1. The lowest BCUT2D eigenvalue weighted by molar-refractivity contribution is -0.118. The Kier molecular flexibility index (Phi) is 9.02. The molecule has 0 aromatic heterocycles. The fourth-order valence-electron chi connectivity index (χ4n) is 2.62. The number of carbonyl (C=O) groups excluding carboxylic acids is 1. The number of nitrogens with zero attached hydrogens (tertiary/aromatic N) is 1. The molecule has 0 atom stereocenters. The third kappa shape index (κ3) is 7.49. The molecule has 0 heterocycles. The number of ether oxygens (including phenoxy) is 1. The molecule has 6 heteroatoms. The second-order valence-electron chi connectivity index (χ2n) is 6.93. The van der Waals surface area contributed by atoms with Gasteiger partial charge in [-0.15, -0.1) is 0 Å².